The van der Waals surface area contributed by atoms with Gasteiger partial charge in [-0.2, -0.15) is 0 Å². The van der Waals surface area contributed by atoms with Crippen molar-refractivity contribution in [3.8, 4) is 0 Å². The monoisotopic (exact) mass is 318 g/mol. The van der Waals surface area contributed by atoms with E-state index in [-0.39, 0.29) is 18.4 Å². The van der Waals surface area contributed by atoms with Gasteiger partial charge in [0.25, 0.3) is 11.8 Å². The first-order valence-corrected chi connectivity index (χ1v) is 7.73. The number of aryl methyl sites for hydroxylation is 1. The lowest BCUT2D eigenvalue weighted by molar-refractivity contribution is -0.136. The number of para-hydroxylation sites is 1. The quantitative estimate of drug-likeness (QED) is 0.679. The Kier molecular flexibility index (Phi) is 4.29. The molecule has 24 heavy (non-hydrogen) atoms. The molecule has 1 N–H and O–H groups in total. The first-order valence-electron chi connectivity index (χ1n) is 7.73. The van der Waals surface area contributed by atoms with E-state index in [1.807, 2.05) is 61.5 Å². The summed E-state index contributed by atoms with van der Waals surface area (Å²) in [4.78, 5) is 26.7. The van der Waals surface area contributed by atoms with Crippen LogP contribution in [0.2, 0.25) is 0 Å². The van der Waals surface area contributed by atoms with E-state index in [9.17, 15) is 9.59 Å². The second-order valence-corrected chi connectivity index (χ2v) is 5.57. The molecule has 120 valence electrons. The number of benzene rings is 2. The van der Waals surface area contributed by atoms with Gasteiger partial charge in [-0.3, -0.25) is 14.5 Å². The number of hydrogen-bond acceptors (Lipinski definition) is 3. The number of hydrogen-bond donors (Lipinski definition) is 1. The maximum atomic E-state index is 12.8. The van der Waals surface area contributed by atoms with Gasteiger partial charge >= 0.3 is 0 Å². The normalized spacial score (nSPS) is 14.3. The second kappa shape index (κ2) is 6.54. The van der Waals surface area contributed by atoms with Gasteiger partial charge in [-0.25, -0.2) is 0 Å². The van der Waals surface area contributed by atoms with Crippen LogP contribution in [-0.4, -0.2) is 23.3 Å². The maximum Gasteiger partial charge on any atom is 0.278 e. The van der Waals surface area contributed by atoms with E-state index in [1.54, 1.807) is 6.08 Å². The molecule has 4 nitrogen and oxygen atoms in total. The Bertz CT molecular complexity index is 838. The van der Waals surface area contributed by atoms with Crippen LogP contribution in [0.5, 0.6) is 0 Å². The molecule has 0 saturated heterocycles. The summed E-state index contributed by atoms with van der Waals surface area (Å²) in [6.45, 7) is 5.77. The van der Waals surface area contributed by atoms with Crippen LogP contribution in [0.1, 0.15) is 11.1 Å². The highest BCUT2D eigenvalue weighted by molar-refractivity contribution is 6.36. The molecule has 1 heterocycles. The van der Waals surface area contributed by atoms with Gasteiger partial charge in [-0.1, -0.05) is 54.6 Å². The lowest BCUT2D eigenvalue weighted by Crippen LogP contribution is -2.32. The fourth-order valence-electron chi connectivity index (χ4n) is 2.71. The summed E-state index contributed by atoms with van der Waals surface area (Å²) in [6, 6.07) is 16.9. The zero-order chi connectivity index (χ0) is 17.1. The lowest BCUT2D eigenvalue weighted by Gasteiger charge is -2.13. The van der Waals surface area contributed by atoms with Crippen LogP contribution in [0.15, 0.2) is 72.9 Å². The van der Waals surface area contributed by atoms with Crippen LogP contribution in [-0.2, 0) is 9.59 Å². The minimum Gasteiger partial charge on any atom is -0.350 e. The predicted molar refractivity (Wildman–Crippen MR) is 95.1 cm³/mol. The van der Waals surface area contributed by atoms with Crippen LogP contribution in [0.4, 0.5) is 5.69 Å². The minimum absolute atomic E-state index is 0.187. The summed E-state index contributed by atoms with van der Waals surface area (Å²) in [7, 11) is 0. The Balaban J connectivity index is 2.10. The van der Waals surface area contributed by atoms with Crippen molar-refractivity contribution in [1.82, 2.24) is 4.90 Å². The zero-order valence-electron chi connectivity index (χ0n) is 13.5. The first-order chi connectivity index (χ1) is 11.6. The van der Waals surface area contributed by atoms with Gasteiger partial charge < -0.3 is 5.32 Å². The standard InChI is InChI=1S/C20H18N2O2/c1-3-13-22-19(23)17(15-10-5-4-6-11-15)18(20(22)24)21-16-12-8-7-9-14(16)2/h3-12,21H,1,13H2,2H3. The van der Waals surface area contributed by atoms with Crippen molar-refractivity contribution in [2.45, 2.75) is 6.92 Å². The average molecular weight is 318 g/mol. The third-order valence-electron chi connectivity index (χ3n) is 3.95. The van der Waals surface area contributed by atoms with Crippen molar-refractivity contribution in [2.75, 3.05) is 11.9 Å². The number of carbonyl (C=O) groups excluding carboxylic acids is 2. The molecule has 1 aliphatic heterocycles. The van der Waals surface area contributed by atoms with Crippen LogP contribution in [0.25, 0.3) is 5.57 Å². The van der Waals surface area contributed by atoms with Crippen LogP contribution in [0, 0.1) is 6.92 Å². The van der Waals surface area contributed by atoms with Gasteiger partial charge in [0.2, 0.25) is 0 Å². The number of carbonyl (C=O) groups is 2. The molecule has 2 amide bonds. The zero-order valence-corrected chi connectivity index (χ0v) is 13.5. The largest absolute Gasteiger partial charge is 0.350 e. The number of anilines is 1. The number of amides is 2. The highest BCUT2D eigenvalue weighted by atomic mass is 16.2. The third-order valence-corrected chi connectivity index (χ3v) is 3.95. The molecule has 0 fully saturated rings. The van der Waals surface area contributed by atoms with Gasteiger partial charge in [0.05, 0.1) is 5.57 Å². The summed E-state index contributed by atoms with van der Waals surface area (Å²) >= 11 is 0. The lowest BCUT2D eigenvalue weighted by atomic mass is 10.0. The van der Waals surface area contributed by atoms with Gasteiger partial charge in [0, 0.05) is 12.2 Å². The van der Waals surface area contributed by atoms with Crippen molar-refractivity contribution in [3.05, 3.63) is 84.1 Å². The number of rotatable bonds is 5. The van der Waals surface area contributed by atoms with Crippen LogP contribution < -0.4 is 5.32 Å². The molecule has 0 bridgehead atoms. The average Bonchev–Trinajstić information content (AvgIpc) is 2.82. The predicted octanol–water partition coefficient (Wildman–Crippen LogP) is 3.37. The van der Waals surface area contributed by atoms with E-state index in [0.717, 1.165) is 16.8 Å². The molecule has 4 heteroatoms. The maximum absolute atomic E-state index is 12.8. The molecule has 3 rings (SSSR count). The molecular formula is C20H18N2O2. The van der Waals surface area contributed by atoms with Gasteiger partial charge in [0.15, 0.2) is 0 Å². The molecule has 0 saturated carbocycles. The molecule has 0 aliphatic carbocycles. The molecular weight excluding hydrogens is 300 g/mol. The highest BCUT2D eigenvalue weighted by Gasteiger charge is 2.38. The van der Waals surface area contributed by atoms with Crippen molar-refractivity contribution in [3.63, 3.8) is 0 Å². The van der Waals surface area contributed by atoms with Crippen LogP contribution >= 0.6 is 0 Å². The first kappa shape index (κ1) is 15.7. The van der Waals surface area contributed by atoms with E-state index in [1.165, 1.54) is 4.90 Å². The van der Waals surface area contributed by atoms with E-state index < -0.39 is 0 Å². The van der Waals surface area contributed by atoms with E-state index in [2.05, 4.69) is 11.9 Å². The molecule has 0 unspecified atom stereocenters. The molecule has 1 aliphatic rings. The van der Waals surface area contributed by atoms with Crippen molar-refractivity contribution in [2.24, 2.45) is 0 Å². The van der Waals surface area contributed by atoms with Crippen molar-refractivity contribution in [1.29, 1.82) is 0 Å². The fourth-order valence-corrected chi connectivity index (χ4v) is 2.71. The highest BCUT2D eigenvalue weighted by Crippen LogP contribution is 2.30. The summed E-state index contributed by atoms with van der Waals surface area (Å²) in [5, 5.41) is 3.16. The molecule has 0 atom stereocenters. The molecule has 0 aromatic heterocycles. The van der Waals surface area contributed by atoms with E-state index in [4.69, 9.17) is 0 Å². The summed E-state index contributed by atoms with van der Waals surface area (Å²) in [5.74, 6) is -0.635. The number of nitrogens with one attached hydrogen (secondary N) is 1. The SMILES string of the molecule is C=CCN1C(=O)C(Nc2ccccc2C)=C(c2ccccc2)C1=O. The number of nitrogens with zero attached hydrogens (tertiary/aromatic N) is 1. The summed E-state index contributed by atoms with van der Waals surface area (Å²) in [5.41, 5.74) is 3.23. The summed E-state index contributed by atoms with van der Waals surface area (Å²) < 4.78 is 0. The molecule has 0 radical (unpaired) electrons. The minimum atomic E-state index is -0.331. The van der Waals surface area contributed by atoms with E-state index >= 15 is 0 Å². The Morgan fingerprint density at radius 1 is 1.00 bits per heavy atom. The summed E-state index contributed by atoms with van der Waals surface area (Å²) in [6.07, 6.45) is 1.55. The topological polar surface area (TPSA) is 49.4 Å². The van der Waals surface area contributed by atoms with Crippen LogP contribution in [0.3, 0.4) is 0 Å². The molecule has 2 aromatic rings. The third kappa shape index (κ3) is 2.74. The Morgan fingerprint density at radius 3 is 2.33 bits per heavy atom. The van der Waals surface area contributed by atoms with E-state index in [0.29, 0.717) is 11.3 Å². The van der Waals surface area contributed by atoms with Gasteiger partial charge in [-0.05, 0) is 24.1 Å². The van der Waals surface area contributed by atoms with Crippen molar-refractivity contribution >= 4 is 23.1 Å². The Labute approximate surface area is 141 Å². The Hall–Kier alpha value is -3.14. The number of imide groups is 1. The van der Waals surface area contributed by atoms with Gasteiger partial charge in [0.1, 0.15) is 5.70 Å². The Morgan fingerprint density at radius 2 is 1.67 bits per heavy atom. The second-order valence-electron chi connectivity index (χ2n) is 5.57. The van der Waals surface area contributed by atoms with Gasteiger partial charge in [-0.15, -0.1) is 6.58 Å². The molecule has 0 spiro atoms. The smallest absolute Gasteiger partial charge is 0.278 e. The van der Waals surface area contributed by atoms with Crippen molar-refractivity contribution < 1.29 is 9.59 Å². The molecule has 2 aromatic carbocycles. The fraction of sp³-hybridized carbons (Fsp3) is 0.100.